The van der Waals surface area contributed by atoms with Gasteiger partial charge in [-0.25, -0.2) is 4.39 Å². The van der Waals surface area contributed by atoms with Crippen LogP contribution in [0.4, 0.5) is 4.39 Å². The molecule has 0 bridgehead atoms. The summed E-state index contributed by atoms with van der Waals surface area (Å²) in [6.07, 6.45) is 0.660. The zero-order valence-corrected chi connectivity index (χ0v) is 15.4. The molecule has 1 atom stereocenters. The number of amides is 2. The van der Waals surface area contributed by atoms with Crippen LogP contribution in [-0.4, -0.2) is 47.8 Å². The van der Waals surface area contributed by atoms with Gasteiger partial charge in [0.15, 0.2) is 0 Å². The van der Waals surface area contributed by atoms with Crippen LogP contribution in [-0.2, 0) is 4.79 Å². The molecule has 1 saturated heterocycles. The monoisotopic (exact) mass is 369 g/mol. The van der Waals surface area contributed by atoms with Crippen LogP contribution in [0.15, 0.2) is 48.5 Å². The number of benzene rings is 2. The Kier molecular flexibility index (Phi) is 5.86. The summed E-state index contributed by atoms with van der Waals surface area (Å²) >= 11 is 0. The molecule has 0 saturated carbocycles. The van der Waals surface area contributed by atoms with Crippen LogP contribution in [0.3, 0.4) is 0 Å². The van der Waals surface area contributed by atoms with Gasteiger partial charge in [-0.1, -0.05) is 35.9 Å². The van der Waals surface area contributed by atoms with Gasteiger partial charge >= 0.3 is 0 Å². The Hall–Kier alpha value is -2.73. The number of hydrogen-bond acceptors (Lipinski definition) is 3. The van der Waals surface area contributed by atoms with E-state index >= 15 is 0 Å². The van der Waals surface area contributed by atoms with Gasteiger partial charge in [-0.05, 0) is 37.1 Å². The summed E-state index contributed by atoms with van der Waals surface area (Å²) in [4.78, 5) is 28.8. The average Bonchev–Trinajstić information content (AvgIpc) is 2.93. The van der Waals surface area contributed by atoms with Crippen LogP contribution in [0.5, 0.6) is 0 Å². The second-order valence-corrected chi connectivity index (χ2v) is 6.87. The molecular weight excluding hydrogens is 345 g/mol. The molecule has 1 unspecified atom stereocenters. The molecule has 2 amide bonds. The SMILES string of the molecule is Cc1ccc(C(N)C(=O)N2CCCN(C(=O)c3cccc(F)c3)CC2)cc1. The predicted octanol–water partition coefficient (Wildman–Crippen LogP) is 2.51. The number of carbonyl (C=O) groups excluding carboxylic acids is 2. The predicted molar refractivity (Wildman–Crippen MR) is 102 cm³/mol. The van der Waals surface area contributed by atoms with E-state index in [1.165, 1.54) is 18.2 Å². The highest BCUT2D eigenvalue weighted by Crippen LogP contribution is 2.17. The Labute approximate surface area is 158 Å². The maximum Gasteiger partial charge on any atom is 0.254 e. The quantitative estimate of drug-likeness (QED) is 0.904. The first-order valence-electron chi connectivity index (χ1n) is 9.11. The Morgan fingerprint density at radius 3 is 2.37 bits per heavy atom. The van der Waals surface area contributed by atoms with E-state index < -0.39 is 11.9 Å². The Balaban J connectivity index is 1.64. The van der Waals surface area contributed by atoms with Crippen molar-refractivity contribution in [2.75, 3.05) is 26.2 Å². The lowest BCUT2D eigenvalue weighted by molar-refractivity contribution is -0.132. The molecule has 5 nitrogen and oxygen atoms in total. The summed E-state index contributed by atoms with van der Waals surface area (Å²) < 4.78 is 13.4. The minimum Gasteiger partial charge on any atom is -0.339 e. The molecule has 0 spiro atoms. The van der Waals surface area contributed by atoms with Gasteiger partial charge in [-0.15, -0.1) is 0 Å². The van der Waals surface area contributed by atoms with E-state index in [9.17, 15) is 14.0 Å². The van der Waals surface area contributed by atoms with E-state index in [1.807, 2.05) is 31.2 Å². The first-order chi connectivity index (χ1) is 13.0. The van der Waals surface area contributed by atoms with Gasteiger partial charge in [-0.2, -0.15) is 0 Å². The highest BCUT2D eigenvalue weighted by molar-refractivity contribution is 5.94. The zero-order valence-electron chi connectivity index (χ0n) is 15.4. The first-order valence-corrected chi connectivity index (χ1v) is 9.11. The summed E-state index contributed by atoms with van der Waals surface area (Å²) in [5, 5.41) is 0. The Morgan fingerprint density at radius 1 is 1.00 bits per heavy atom. The lowest BCUT2D eigenvalue weighted by atomic mass is 10.0. The number of aryl methyl sites for hydroxylation is 1. The minimum absolute atomic E-state index is 0.140. The summed E-state index contributed by atoms with van der Waals surface area (Å²) in [5.41, 5.74) is 8.38. The first kappa shape index (κ1) is 19.0. The Morgan fingerprint density at radius 2 is 1.67 bits per heavy atom. The summed E-state index contributed by atoms with van der Waals surface area (Å²) in [6, 6.07) is 12.6. The summed E-state index contributed by atoms with van der Waals surface area (Å²) in [7, 11) is 0. The van der Waals surface area contributed by atoms with Crippen molar-refractivity contribution in [1.29, 1.82) is 0 Å². The molecule has 2 N–H and O–H groups in total. The molecule has 0 aromatic heterocycles. The molecule has 0 aliphatic carbocycles. The van der Waals surface area contributed by atoms with Gasteiger partial charge in [0.1, 0.15) is 11.9 Å². The number of nitrogens with zero attached hydrogens (tertiary/aromatic N) is 2. The molecule has 6 heteroatoms. The number of rotatable bonds is 3. The van der Waals surface area contributed by atoms with Crippen molar-refractivity contribution in [2.24, 2.45) is 5.73 Å². The molecule has 0 radical (unpaired) electrons. The molecule has 2 aromatic carbocycles. The fraction of sp³-hybridized carbons (Fsp3) is 0.333. The van der Waals surface area contributed by atoms with E-state index in [1.54, 1.807) is 15.9 Å². The largest absolute Gasteiger partial charge is 0.339 e. The van der Waals surface area contributed by atoms with Crippen LogP contribution >= 0.6 is 0 Å². The topological polar surface area (TPSA) is 66.6 Å². The smallest absolute Gasteiger partial charge is 0.254 e. The van der Waals surface area contributed by atoms with Crippen LogP contribution in [0, 0.1) is 12.7 Å². The third-order valence-electron chi connectivity index (χ3n) is 4.87. The average molecular weight is 369 g/mol. The van der Waals surface area contributed by atoms with E-state index in [-0.39, 0.29) is 11.8 Å². The van der Waals surface area contributed by atoms with Crippen molar-refractivity contribution in [3.05, 3.63) is 71.0 Å². The van der Waals surface area contributed by atoms with E-state index in [4.69, 9.17) is 5.73 Å². The fourth-order valence-corrected chi connectivity index (χ4v) is 3.26. The number of nitrogens with two attached hydrogens (primary N) is 1. The molecule has 1 fully saturated rings. The molecule has 3 rings (SSSR count). The summed E-state index contributed by atoms with van der Waals surface area (Å²) in [6.45, 7) is 3.88. The van der Waals surface area contributed by atoms with Crippen LogP contribution < -0.4 is 5.73 Å². The number of carbonyl (C=O) groups is 2. The van der Waals surface area contributed by atoms with Crippen LogP contribution in [0.2, 0.25) is 0 Å². The minimum atomic E-state index is -0.712. The molecule has 142 valence electrons. The van der Waals surface area contributed by atoms with Gasteiger partial charge < -0.3 is 15.5 Å². The lowest BCUT2D eigenvalue weighted by Gasteiger charge is -2.25. The second-order valence-electron chi connectivity index (χ2n) is 6.87. The molecule has 1 aliphatic rings. The fourth-order valence-electron chi connectivity index (χ4n) is 3.26. The third-order valence-corrected chi connectivity index (χ3v) is 4.87. The highest BCUT2D eigenvalue weighted by atomic mass is 19.1. The van der Waals surface area contributed by atoms with Crippen molar-refractivity contribution >= 4 is 11.8 Å². The van der Waals surface area contributed by atoms with Crippen molar-refractivity contribution in [3.63, 3.8) is 0 Å². The van der Waals surface area contributed by atoms with Crippen LogP contribution in [0.25, 0.3) is 0 Å². The maximum absolute atomic E-state index is 13.4. The number of halogens is 1. The maximum atomic E-state index is 13.4. The van der Waals surface area contributed by atoms with Crippen LogP contribution in [0.1, 0.15) is 33.9 Å². The van der Waals surface area contributed by atoms with Crippen molar-refractivity contribution in [1.82, 2.24) is 9.80 Å². The third kappa shape index (κ3) is 4.52. The molecule has 1 aliphatic heterocycles. The van der Waals surface area contributed by atoms with Gasteiger partial charge in [0.05, 0.1) is 0 Å². The standard InChI is InChI=1S/C21H24FN3O2/c1-15-6-8-16(9-7-15)19(23)21(27)25-11-3-10-24(12-13-25)20(26)17-4-2-5-18(22)14-17/h2,4-9,14,19H,3,10-13,23H2,1H3. The molecular formula is C21H24FN3O2. The van der Waals surface area contributed by atoms with Gasteiger partial charge in [0.2, 0.25) is 5.91 Å². The van der Waals surface area contributed by atoms with Crippen molar-refractivity contribution in [3.8, 4) is 0 Å². The molecule has 27 heavy (non-hydrogen) atoms. The van der Waals surface area contributed by atoms with Gasteiger partial charge in [0, 0.05) is 31.7 Å². The van der Waals surface area contributed by atoms with E-state index in [0.717, 1.165) is 11.1 Å². The van der Waals surface area contributed by atoms with Gasteiger partial charge in [0.25, 0.3) is 5.91 Å². The zero-order chi connectivity index (χ0) is 19.4. The summed E-state index contributed by atoms with van der Waals surface area (Å²) in [5.74, 6) is -0.790. The van der Waals surface area contributed by atoms with E-state index in [2.05, 4.69) is 0 Å². The normalized spacial score (nSPS) is 16.0. The van der Waals surface area contributed by atoms with Gasteiger partial charge in [-0.3, -0.25) is 9.59 Å². The lowest BCUT2D eigenvalue weighted by Crippen LogP contribution is -2.41. The van der Waals surface area contributed by atoms with Crippen molar-refractivity contribution < 1.29 is 14.0 Å². The second kappa shape index (κ2) is 8.31. The highest BCUT2D eigenvalue weighted by Gasteiger charge is 2.26. The molecule has 1 heterocycles. The van der Waals surface area contributed by atoms with E-state index in [0.29, 0.717) is 38.2 Å². The Bertz CT molecular complexity index is 822. The van der Waals surface area contributed by atoms with Crippen molar-refractivity contribution in [2.45, 2.75) is 19.4 Å². The molecule has 2 aromatic rings. The number of hydrogen-bond donors (Lipinski definition) is 1.